The number of nitrogens with zero attached hydrogens (tertiary/aromatic N) is 1. The van der Waals surface area contributed by atoms with E-state index >= 15 is 0 Å². The highest BCUT2D eigenvalue weighted by atomic mass is 15.2. The SMILES string of the molecule is C=C1N(C)c2c(C)ccc(C)c2C1(C)C. The molecule has 0 spiro atoms. The Hall–Kier alpha value is -1.24. The second kappa shape index (κ2) is 2.88. The molecular weight excluding hydrogens is 182 g/mol. The Morgan fingerprint density at radius 1 is 1.13 bits per heavy atom. The third kappa shape index (κ3) is 1.16. The van der Waals surface area contributed by atoms with Crippen LogP contribution in [0.5, 0.6) is 0 Å². The molecule has 1 aliphatic rings. The van der Waals surface area contributed by atoms with Crippen LogP contribution in [0.25, 0.3) is 0 Å². The van der Waals surface area contributed by atoms with Crippen molar-refractivity contribution in [3.05, 3.63) is 41.1 Å². The summed E-state index contributed by atoms with van der Waals surface area (Å²) in [5, 5.41) is 0. The fraction of sp³-hybridized carbons (Fsp3) is 0.429. The largest absolute Gasteiger partial charge is 0.347 e. The van der Waals surface area contributed by atoms with Gasteiger partial charge in [-0.25, -0.2) is 0 Å². The molecule has 1 aromatic rings. The first-order valence-corrected chi connectivity index (χ1v) is 5.41. The van der Waals surface area contributed by atoms with Gasteiger partial charge in [-0.05, 0) is 30.5 Å². The summed E-state index contributed by atoms with van der Waals surface area (Å²) in [7, 11) is 2.11. The molecule has 0 fully saturated rings. The van der Waals surface area contributed by atoms with E-state index in [1.165, 1.54) is 28.1 Å². The Morgan fingerprint density at radius 2 is 1.67 bits per heavy atom. The summed E-state index contributed by atoms with van der Waals surface area (Å²) in [6.07, 6.45) is 0. The van der Waals surface area contributed by atoms with E-state index in [0.717, 1.165) is 0 Å². The summed E-state index contributed by atoms with van der Waals surface area (Å²) in [6, 6.07) is 4.40. The van der Waals surface area contributed by atoms with Gasteiger partial charge in [-0.15, -0.1) is 0 Å². The van der Waals surface area contributed by atoms with Crippen LogP contribution >= 0.6 is 0 Å². The van der Waals surface area contributed by atoms with Gasteiger partial charge in [0.1, 0.15) is 0 Å². The van der Waals surface area contributed by atoms with E-state index < -0.39 is 0 Å². The molecule has 0 aliphatic carbocycles. The molecule has 0 atom stereocenters. The number of benzene rings is 1. The van der Waals surface area contributed by atoms with E-state index in [0.29, 0.717) is 0 Å². The molecule has 0 saturated carbocycles. The molecule has 1 nitrogen and oxygen atoms in total. The van der Waals surface area contributed by atoms with Crippen LogP contribution in [0.3, 0.4) is 0 Å². The summed E-state index contributed by atoms with van der Waals surface area (Å²) < 4.78 is 0. The Balaban J connectivity index is 2.82. The summed E-state index contributed by atoms with van der Waals surface area (Å²) in [5.41, 5.74) is 6.76. The van der Waals surface area contributed by atoms with Gasteiger partial charge >= 0.3 is 0 Å². The Kier molecular flexibility index (Phi) is 1.97. The third-order valence-corrected chi connectivity index (χ3v) is 3.67. The lowest BCUT2D eigenvalue weighted by Crippen LogP contribution is -2.21. The molecule has 0 bridgehead atoms. The molecule has 15 heavy (non-hydrogen) atoms. The topological polar surface area (TPSA) is 3.24 Å². The molecule has 1 aliphatic heterocycles. The lowest BCUT2D eigenvalue weighted by atomic mass is 9.81. The van der Waals surface area contributed by atoms with Gasteiger partial charge in [0.05, 0.1) is 0 Å². The molecule has 0 saturated heterocycles. The van der Waals surface area contributed by atoms with Crippen LogP contribution in [0, 0.1) is 13.8 Å². The van der Waals surface area contributed by atoms with Gasteiger partial charge in [0.2, 0.25) is 0 Å². The second-order valence-corrected chi connectivity index (χ2v) is 5.05. The zero-order valence-corrected chi connectivity index (χ0v) is 10.3. The van der Waals surface area contributed by atoms with Gasteiger partial charge in [-0.3, -0.25) is 0 Å². The van der Waals surface area contributed by atoms with Crippen molar-refractivity contribution >= 4 is 5.69 Å². The van der Waals surface area contributed by atoms with Gasteiger partial charge in [-0.1, -0.05) is 32.6 Å². The lowest BCUT2D eigenvalue weighted by Gasteiger charge is -2.23. The van der Waals surface area contributed by atoms with Crippen molar-refractivity contribution in [2.75, 3.05) is 11.9 Å². The maximum Gasteiger partial charge on any atom is 0.0480 e. The molecule has 1 heterocycles. The van der Waals surface area contributed by atoms with Crippen molar-refractivity contribution in [1.29, 1.82) is 0 Å². The molecule has 0 aromatic heterocycles. The quantitative estimate of drug-likeness (QED) is 0.620. The van der Waals surface area contributed by atoms with E-state index in [4.69, 9.17) is 0 Å². The fourth-order valence-corrected chi connectivity index (χ4v) is 2.72. The van der Waals surface area contributed by atoms with E-state index in [1.54, 1.807) is 0 Å². The molecule has 1 aromatic carbocycles. The molecule has 1 heteroatoms. The van der Waals surface area contributed by atoms with Gasteiger partial charge < -0.3 is 4.90 Å². The first-order valence-electron chi connectivity index (χ1n) is 5.41. The number of allylic oxidation sites excluding steroid dienone is 1. The zero-order valence-electron chi connectivity index (χ0n) is 10.3. The molecule has 0 N–H and O–H groups in total. The molecule has 2 rings (SSSR count). The minimum absolute atomic E-state index is 0.0696. The van der Waals surface area contributed by atoms with Crippen LogP contribution in [0.15, 0.2) is 24.4 Å². The average molecular weight is 201 g/mol. The number of hydrogen-bond donors (Lipinski definition) is 0. The van der Waals surface area contributed by atoms with Crippen molar-refractivity contribution in [1.82, 2.24) is 0 Å². The third-order valence-electron chi connectivity index (χ3n) is 3.67. The predicted octanol–water partition coefficient (Wildman–Crippen LogP) is 3.54. The van der Waals surface area contributed by atoms with Crippen molar-refractivity contribution < 1.29 is 0 Å². The van der Waals surface area contributed by atoms with Gasteiger partial charge in [0, 0.05) is 23.8 Å². The van der Waals surface area contributed by atoms with Crippen LogP contribution in [0.4, 0.5) is 5.69 Å². The van der Waals surface area contributed by atoms with E-state index in [-0.39, 0.29) is 5.41 Å². The Labute approximate surface area is 92.4 Å². The number of aryl methyl sites for hydroxylation is 2. The van der Waals surface area contributed by atoms with Gasteiger partial charge in [-0.2, -0.15) is 0 Å². The van der Waals surface area contributed by atoms with Crippen LogP contribution in [0.2, 0.25) is 0 Å². The van der Waals surface area contributed by atoms with Crippen LogP contribution in [-0.4, -0.2) is 7.05 Å². The summed E-state index contributed by atoms with van der Waals surface area (Å²) in [4.78, 5) is 2.23. The van der Waals surface area contributed by atoms with Gasteiger partial charge in [0.25, 0.3) is 0 Å². The average Bonchev–Trinajstić information content (AvgIpc) is 2.34. The Bertz CT molecular complexity index is 441. The maximum absolute atomic E-state index is 4.21. The van der Waals surface area contributed by atoms with Crippen molar-refractivity contribution in [2.45, 2.75) is 33.1 Å². The molecule has 0 unspecified atom stereocenters. The van der Waals surface area contributed by atoms with Crippen LogP contribution < -0.4 is 4.90 Å². The summed E-state index contributed by atoms with van der Waals surface area (Å²) in [6.45, 7) is 13.1. The smallest absolute Gasteiger partial charge is 0.0480 e. The number of anilines is 1. The normalized spacial score (nSPS) is 18.2. The van der Waals surface area contributed by atoms with Crippen LogP contribution in [0.1, 0.15) is 30.5 Å². The number of hydrogen-bond acceptors (Lipinski definition) is 1. The van der Waals surface area contributed by atoms with E-state index in [2.05, 4.69) is 58.4 Å². The van der Waals surface area contributed by atoms with E-state index in [1.807, 2.05) is 0 Å². The molecule has 0 radical (unpaired) electrons. The first-order chi connectivity index (χ1) is 6.87. The van der Waals surface area contributed by atoms with E-state index in [9.17, 15) is 0 Å². The first kappa shape index (κ1) is 10.3. The zero-order chi connectivity index (χ0) is 11.4. The monoisotopic (exact) mass is 201 g/mol. The fourth-order valence-electron chi connectivity index (χ4n) is 2.72. The molecular formula is C14H19N. The minimum atomic E-state index is 0.0696. The van der Waals surface area contributed by atoms with Crippen LogP contribution in [-0.2, 0) is 5.41 Å². The number of likely N-dealkylation sites (N-methyl/N-ethyl adjacent to an activating group) is 1. The lowest BCUT2D eigenvalue weighted by molar-refractivity contribution is 0.639. The number of rotatable bonds is 0. The molecule has 0 amide bonds. The standard InChI is InChI=1S/C14H19N/c1-9-7-8-10(2)13-12(9)14(4,5)11(3)15(13)6/h7-8H,3H2,1-2,4-6H3. The number of fused-ring (bicyclic) bond motifs is 1. The Morgan fingerprint density at radius 3 is 2.20 bits per heavy atom. The highest BCUT2D eigenvalue weighted by Gasteiger charge is 2.39. The van der Waals surface area contributed by atoms with Crippen molar-refractivity contribution in [3.63, 3.8) is 0 Å². The highest BCUT2D eigenvalue weighted by molar-refractivity contribution is 5.74. The van der Waals surface area contributed by atoms with Crippen molar-refractivity contribution in [3.8, 4) is 0 Å². The second-order valence-electron chi connectivity index (χ2n) is 5.05. The highest BCUT2D eigenvalue weighted by Crippen LogP contribution is 2.48. The van der Waals surface area contributed by atoms with Crippen molar-refractivity contribution in [2.24, 2.45) is 0 Å². The maximum atomic E-state index is 4.21. The molecule has 80 valence electrons. The van der Waals surface area contributed by atoms with Gasteiger partial charge in [0.15, 0.2) is 0 Å². The summed E-state index contributed by atoms with van der Waals surface area (Å²) >= 11 is 0. The predicted molar refractivity (Wildman–Crippen MR) is 66.5 cm³/mol. The summed E-state index contributed by atoms with van der Waals surface area (Å²) in [5.74, 6) is 0. The minimum Gasteiger partial charge on any atom is -0.347 e.